The van der Waals surface area contributed by atoms with Crippen LogP contribution in [0.25, 0.3) is 0 Å². The van der Waals surface area contributed by atoms with E-state index < -0.39 is 35.7 Å². The van der Waals surface area contributed by atoms with Crippen molar-refractivity contribution >= 4 is 18.0 Å². The van der Waals surface area contributed by atoms with Gasteiger partial charge in [0.25, 0.3) is 5.91 Å². The topological polar surface area (TPSA) is 93.1 Å². The Hall–Kier alpha value is -2.41. The summed E-state index contributed by atoms with van der Waals surface area (Å²) in [5.74, 6) is -1.54. The van der Waals surface area contributed by atoms with Crippen LogP contribution in [0.15, 0.2) is 30.3 Å². The Kier molecular flexibility index (Phi) is 5.79. The number of esters is 1. The highest BCUT2D eigenvalue weighted by molar-refractivity contribution is 5.99. The number of imide groups is 1. The van der Waals surface area contributed by atoms with Crippen LogP contribution in [0.1, 0.15) is 39.2 Å². The summed E-state index contributed by atoms with van der Waals surface area (Å²) >= 11 is 0. The van der Waals surface area contributed by atoms with Gasteiger partial charge in [-0.2, -0.15) is 0 Å². The molecule has 1 N–H and O–H groups in total. The van der Waals surface area contributed by atoms with Crippen LogP contribution in [0.3, 0.4) is 0 Å². The first-order valence-corrected chi connectivity index (χ1v) is 8.14. The quantitative estimate of drug-likeness (QED) is 0.839. The fraction of sp³-hybridized carbons (Fsp3) is 0.500. The number of carbonyl (C=O) groups excluding carboxylic acids is 3. The van der Waals surface area contributed by atoms with Crippen molar-refractivity contribution in [3.63, 3.8) is 0 Å². The summed E-state index contributed by atoms with van der Waals surface area (Å²) in [5.41, 5.74) is -0.00909. The zero-order valence-corrected chi connectivity index (χ0v) is 14.6. The molecule has 1 heterocycles. The van der Waals surface area contributed by atoms with Gasteiger partial charge >= 0.3 is 12.1 Å². The fourth-order valence-electron chi connectivity index (χ4n) is 2.48. The molecule has 0 spiro atoms. The molecule has 0 radical (unpaired) electrons. The van der Waals surface area contributed by atoms with E-state index in [0.717, 1.165) is 5.56 Å². The Bertz CT molecular complexity index is 637. The van der Waals surface area contributed by atoms with E-state index in [1.54, 1.807) is 45.0 Å². The molecule has 2 rings (SSSR count). The number of aliphatic hydroxyl groups is 1. The first-order chi connectivity index (χ1) is 11.7. The maximum atomic E-state index is 12.4. The van der Waals surface area contributed by atoms with E-state index in [9.17, 15) is 19.5 Å². The predicted molar refractivity (Wildman–Crippen MR) is 88.3 cm³/mol. The third-order valence-electron chi connectivity index (χ3n) is 3.63. The number of hydrogen-bond donors (Lipinski definition) is 1. The van der Waals surface area contributed by atoms with Crippen LogP contribution in [0.5, 0.6) is 0 Å². The van der Waals surface area contributed by atoms with E-state index in [0.29, 0.717) is 4.90 Å². The summed E-state index contributed by atoms with van der Waals surface area (Å²) in [6.07, 6.45) is -2.08. The fourth-order valence-corrected chi connectivity index (χ4v) is 2.48. The number of likely N-dealkylation sites (tertiary alicyclic amines) is 1. The second-order valence-electron chi connectivity index (χ2n) is 6.89. The van der Waals surface area contributed by atoms with Gasteiger partial charge in [-0.05, 0) is 39.2 Å². The monoisotopic (exact) mass is 349 g/mol. The van der Waals surface area contributed by atoms with Crippen LogP contribution >= 0.6 is 0 Å². The Morgan fingerprint density at radius 2 is 1.84 bits per heavy atom. The lowest BCUT2D eigenvalue weighted by atomic mass is 9.99. The standard InChI is InChI=1S/C18H23NO6/c1-18(2,3)25-16(22)13-9-10-14(20)15(21)19(13)17(23)24-11-12-7-5-4-6-8-12/h4-8,13-14,20H,9-11H2,1-3H3/t13-,14+/m0/s1. The van der Waals surface area contributed by atoms with Crippen LogP contribution in [0, 0.1) is 0 Å². The highest BCUT2D eigenvalue weighted by atomic mass is 16.6. The Labute approximate surface area is 146 Å². The van der Waals surface area contributed by atoms with Gasteiger partial charge in [-0.1, -0.05) is 30.3 Å². The number of aliphatic hydroxyl groups excluding tert-OH is 1. The first kappa shape index (κ1) is 18.9. The summed E-state index contributed by atoms with van der Waals surface area (Å²) in [7, 11) is 0. The van der Waals surface area contributed by atoms with Gasteiger partial charge in [0.05, 0.1) is 0 Å². The van der Waals surface area contributed by atoms with Crippen LogP contribution in [-0.4, -0.2) is 45.7 Å². The molecule has 136 valence electrons. The summed E-state index contributed by atoms with van der Waals surface area (Å²) < 4.78 is 10.4. The number of amides is 2. The van der Waals surface area contributed by atoms with Gasteiger partial charge in [-0.25, -0.2) is 14.5 Å². The van der Waals surface area contributed by atoms with E-state index in [2.05, 4.69) is 0 Å². The average Bonchev–Trinajstić information content (AvgIpc) is 2.54. The largest absolute Gasteiger partial charge is 0.458 e. The molecule has 1 aliphatic rings. The summed E-state index contributed by atoms with van der Waals surface area (Å²) in [4.78, 5) is 37.6. The second kappa shape index (κ2) is 7.65. The van der Waals surface area contributed by atoms with Crippen LogP contribution in [0.4, 0.5) is 4.79 Å². The van der Waals surface area contributed by atoms with Crippen molar-refractivity contribution in [1.82, 2.24) is 4.90 Å². The van der Waals surface area contributed by atoms with Crippen molar-refractivity contribution < 1.29 is 29.0 Å². The van der Waals surface area contributed by atoms with Crippen molar-refractivity contribution in [3.8, 4) is 0 Å². The molecule has 1 aliphatic heterocycles. The lowest BCUT2D eigenvalue weighted by molar-refractivity contribution is -0.169. The highest BCUT2D eigenvalue weighted by Crippen LogP contribution is 2.23. The van der Waals surface area contributed by atoms with Crippen molar-refractivity contribution in [3.05, 3.63) is 35.9 Å². The van der Waals surface area contributed by atoms with E-state index >= 15 is 0 Å². The number of ether oxygens (including phenoxy) is 2. The van der Waals surface area contributed by atoms with E-state index in [-0.39, 0.29) is 19.4 Å². The lowest BCUT2D eigenvalue weighted by Crippen LogP contribution is -2.57. The maximum Gasteiger partial charge on any atom is 0.417 e. The van der Waals surface area contributed by atoms with E-state index in [1.807, 2.05) is 6.07 Å². The second-order valence-corrected chi connectivity index (χ2v) is 6.89. The minimum atomic E-state index is -1.33. The molecule has 7 heteroatoms. The molecule has 0 unspecified atom stereocenters. The molecule has 7 nitrogen and oxygen atoms in total. The summed E-state index contributed by atoms with van der Waals surface area (Å²) in [5, 5.41) is 9.76. The Balaban J connectivity index is 2.11. The van der Waals surface area contributed by atoms with Crippen LogP contribution in [0.2, 0.25) is 0 Å². The molecule has 25 heavy (non-hydrogen) atoms. The number of hydrogen-bond acceptors (Lipinski definition) is 6. The predicted octanol–water partition coefficient (Wildman–Crippen LogP) is 2.02. The molecule has 1 aromatic carbocycles. The van der Waals surface area contributed by atoms with Gasteiger partial charge in [-0.3, -0.25) is 4.79 Å². The molecule has 1 fully saturated rings. The van der Waals surface area contributed by atoms with Crippen molar-refractivity contribution in [2.75, 3.05) is 0 Å². The molecule has 1 aromatic rings. The molecular formula is C18H23NO6. The van der Waals surface area contributed by atoms with E-state index in [1.165, 1.54) is 0 Å². The van der Waals surface area contributed by atoms with Crippen molar-refractivity contribution in [1.29, 1.82) is 0 Å². The Morgan fingerprint density at radius 3 is 2.44 bits per heavy atom. The van der Waals surface area contributed by atoms with Gasteiger partial charge in [0, 0.05) is 0 Å². The average molecular weight is 349 g/mol. The number of rotatable bonds is 3. The molecule has 1 saturated heterocycles. The number of piperidine rings is 1. The van der Waals surface area contributed by atoms with Gasteiger partial charge in [0.1, 0.15) is 24.4 Å². The molecule has 0 aromatic heterocycles. The van der Waals surface area contributed by atoms with E-state index in [4.69, 9.17) is 9.47 Å². The van der Waals surface area contributed by atoms with Crippen molar-refractivity contribution in [2.45, 2.75) is 58.0 Å². The SMILES string of the molecule is CC(C)(C)OC(=O)[C@@H]1CC[C@@H](O)C(=O)N1C(=O)OCc1ccccc1. The molecule has 2 atom stereocenters. The minimum absolute atomic E-state index is 0.0411. The number of nitrogens with zero attached hydrogens (tertiary/aromatic N) is 1. The Morgan fingerprint density at radius 1 is 1.20 bits per heavy atom. The highest BCUT2D eigenvalue weighted by Gasteiger charge is 2.44. The molecular weight excluding hydrogens is 326 g/mol. The van der Waals surface area contributed by atoms with Gasteiger partial charge in [0.2, 0.25) is 0 Å². The van der Waals surface area contributed by atoms with Gasteiger partial charge < -0.3 is 14.6 Å². The van der Waals surface area contributed by atoms with Gasteiger partial charge in [-0.15, -0.1) is 0 Å². The van der Waals surface area contributed by atoms with Crippen molar-refractivity contribution in [2.24, 2.45) is 0 Å². The molecule has 0 saturated carbocycles. The zero-order valence-electron chi connectivity index (χ0n) is 14.6. The molecule has 0 aliphatic carbocycles. The normalized spacial score (nSPS) is 21.0. The third kappa shape index (κ3) is 5.03. The summed E-state index contributed by atoms with van der Waals surface area (Å²) in [6, 6.07) is 7.86. The summed E-state index contributed by atoms with van der Waals surface area (Å²) in [6.45, 7) is 5.05. The number of benzene rings is 1. The minimum Gasteiger partial charge on any atom is -0.458 e. The maximum absolute atomic E-state index is 12.4. The zero-order chi connectivity index (χ0) is 18.6. The van der Waals surface area contributed by atoms with Crippen LogP contribution < -0.4 is 0 Å². The first-order valence-electron chi connectivity index (χ1n) is 8.14. The van der Waals surface area contributed by atoms with Gasteiger partial charge in [0.15, 0.2) is 0 Å². The smallest absolute Gasteiger partial charge is 0.417 e. The molecule has 2 amide bonds. The third-order valence-corrected chi connectivity index (χ3v) is 3.63. The van der Waals surface area contributed by atoms with Crippen LogP contribution in [-0.2, 0) is 25.7 Å². The number of carbonyl (C=O) groups is 3. The lowest BCUT2D eigenvalue weighted by Gasteiger charge is -2.35. The molecule has 0 bridgehead atoms.